The van der Waals surface area contributed by atoms with Crippen LogP contribution in [0.3, 0.4) is 0 Å². The number of piperazine rings is 1. The molecule has 0 spiro atoms. The minimum absolute atomic E-state index is 0.0628. The van der Waals surface area contributed by atoms with Gasteiger partial charge in [-0.15, -0.1) is 0 Å². The second-order valence-electron chi connectivity index (χ2n) is 5.22. The van der Waals surface area contributed by atoms with Gasteiger partial charge in [-0.2, -0.15) is 0 Å². The summed E-state index contributed by atoms with van der Waals surface area (Å²) in [5.41, 5.74) is 0.343. The molecular formula is C15H14FN5O3. The van der Waals surface area contributed by atoms with Crippen molar-refractivity contribution in [2.45, 2.75) is 0 Å². The number of carbonyl (C=O) groups is 1. The molecule has 2 aromatic rings. The molecule has 8 nitrogen and oxygen atoms in total. The van der Waals surface area contributed by atoms with Crippen LogP contribution in [0.4, 0.5) is 27.3 Å². The lowest BCUT2D eigenvalue weighted by molar-refractivity contribution is -0.384. The van der Waals surface area contributed by atoms with E-state index in [1.165, 1.54) is 12.3 Å². The molecule has 1 aliphatic rings. The summed E-state index contributed by atoms with van der Waals surface area (Å²) in [5, 5.41) is 16.6. The van der Waals surface area contributed by atoms with Crippen molar-refractivity contribution < 1.29 is 14.1 Å². The number of nitrogens with zero attached hydrogens (tertiary/aromatic N) is 3. The van der Waals surface area contributed by atoms with Crippen LogP contribution in [0.25, 0.3) is 0 Å². The maximum atomic E-state index is 13.2. The molecule has 0 aliphatic carbocycles. The zero-order chi connectivity index (χ0) is 17.1. The van der Waals surface area contributed by atoms with Crippen molar-refractivity contribution in [2.24, 2.45) is 0 Å². The number of rotatable bonds is 4. The van der Waals surface area contributed by atoms with Gasteiger partial charge in [0.2, 0.25) is 5.91 Å². The Balaban J connectivity index is 1.77. The Morgan fingerprint density at radius 2 is 2.17 bits per heavy atom. The van der Waals surface area contributed by atoms with Crippen LogP contribution in [0.15, 0.2) is 36.5 Å². The molecular weight excluding hydrogens is 317 g/mol. The number of halogens is 1. The summed E-state index contributed by atoms with van der Waals surface area (Å²) in [5.74, 6) is -0.0970. The lowest BCUT2D eigenvalue weighted by Crippen LogP contribution is -2.48. The molecule has 3 rings (SSSR count). The third-order valence-corrected chi connectivity index (χ3v) is 3.55. The van der Waals surface area contributed by atoms with E-state index in [1.54, 1.807) is 12.1 Å². The summed E-state index contributed by atoms with van der Waals surface area (Å²) in [6.45, 7) is 1.46. The summed E-state index contributed by atoms with van der Waals surface area (Å²) in [4.78, 5) is 27.8. The first-order valence-electron chi connectivity index (χ1n) is 7.21. The molecule has 1 fully saturated rings. The maximum Gasteiger partial charge on any atom is 0.295 e. The Morgan fingerprint density at radius 3 is 2.83 bits per heavy atom. The molecule has 124 valence electrons. The Hall–Kier alpha value is -3.23. The highest BCUT2D eigenvalue weighted by Gasteiger charge is 2.18. The van der Waals surface area contributed by atoms with E-state index in [2.05, 4.69) is 15.6 Å². The Kier molecular flexibility index (Phi) is 4.23. The number of benzene rings is 1. The van der Waals surface area contributed by atoms with Crippen LogP contribution in [-0.4, -0.2) is 35.4 Å². The lowest BCUT2D eigenvalue weighted by Gasteiger charge is -2.27. The zero-order valence-corrected chi connectivity index (χ0v) is 12.5. The molecule has 1 amide bonds. The predicted octanol–water partition coefficient (Wildman–Crippen LogP) is 1.81. The molecule has 2 N–H and O–H groups in total. The van der Waals surface area contributed by atoms with Crippen molar-refractivity contribution in [3.05, 3.63) is 52.5 Å². The van der Waals surface area contributed by atoms with E-state index in [0.717, 1.165) is 12.1 Å². The average Bonchev–Trinajstić information content (AvgIpc) is 2.57. The fraction of sp³-hybridized carbons (Fsp3) is 0.200. The highest BCUT2D eigenvalue weighted by Crippen LogP contribution is 2.28. The number of hydrogen-bond donors (Lipinski definition) is 2. The average molecular weight is 331 g/mol. The van der Waals surface area contributed by atoms with Gasteiger partial charge in [0, 0.05) is 13.1 Å². The number of carbonyl (C=O) groups excluding carboxylic acids is 1. The van der Waals surface area contributed by atoms with Crippen molar-refractivity contribution in [3.63, 3.8) is 0 Å². The monoisotopic (exact) mass is 331 g/mol. The third kappa shape index (κ3) is 3.40. The highest BCUT2D eigenvalue weighted by atomic mass is 19.1. The number of nitrogens with one attached hydrogen (secondary N) is 2. The number of aromatic nitrogens is 1. The van der Waals surface area contributed by atoms with E-state index < -0.39 is 10.7 Å². The first-order valence-corrected chi connectivity index (χ1v) is 7.21. The highest BCUT2D eigenvalue weighted by molar-refractivity contribution is 5.82. The van der Waals surface area contributed by atoms with Gasteiger partial charge in [0.05, 0.1) is 29.4 Å². The van der Waals surface area contributed by atoms with Gasteiger partial charge in [-0.1, -0.05) is 0 Å². The fourth-order valence-electron chi connectivity index (χ4n) is 2.40. The summed E-state index contributed by atoms with van der Waals surface area (Å²) in [6, 6.07) is 6.72. The van der Waals surface area contributed by atoms with Crippen molar-refractivity contribution in [2.75, 3.05) is 29.9 Å². The van der Waals surface area contributed by atoms with Gasteiger partial charge in [-0.25, -0.2) is 9.37 Å². The lowest BCUT2D eigenvalue weighted by atomic mass is 10.2. The molecule has 1 aliphatic heterocycles. The van der Waals surface area contributed by atoms with Gasteiger partial charge >= 0.3 is 0 Å². The number of nitro groups is 1. The summed E-state index contributed by atoms with van der Waals surface area (Å²) in [6.07, 6.45) is 1.51. The molecule has 0 radical (unpaired) electrons. The minimum Gasteiger partial charge on any atom is -0.353 e. The van der Waals surface area contributed by atoms with Gasteiger partial charge in [0.1, 0.15) is 17.3 Å². The smallest absolute Gasteiger partial charge is 0.295 e. The van der Waals surface area contributed by atoms with Crippen LogP contribution < -0.4 is 15.5 Å². The summed E-state index contributed by atoms with van der Waals surface area (Å²) >= 11 is 0. The van der Waals surface area contributed by atoms with E-state index in [9.17, 15) is 19.3 Å². The third-order valence-electron chi connectivity index (χ3n) is 3.55. The van der Waals surface area contributed by atoms with Crippen molar-refractivity contribution in [3.8, 4) is 0 Å². The van der Waals surface area contributed by atoms with Gasteiger partial charge in [-0.3, -0.25) is 14.9 Å². The molecule has 9 heteroatoms. The van der Waals surface area contributed by atoms with E-state index in [1.807, 2.05) is 4.90 Å². The summed E-state index contributed by atoms with van der Waals surface area (Å²) in [7, 11) is 0. The van der Waals surface area contributed by atoms with Gasteiger partial charge in [-0.05, 0) is 24.3 Å². The second-order valence-corrected chi connectivity index (χ2v) is 5.22. The number of pyridine rings is 1. The molecule has 1 aromatic heterocycles. The predicted molar refractivity (Wildman–Crippen MR) is 85.8 cm³/mol. The molecule has 0 unspecified atom stereocenters. The van der Waals surface area contributed by atoms with Crippen LogP contribution >= 0.6 is 0 Å². The van der Waals surface area contributed by atoms with Gasteiger partial charge in [0.15, 0.2) is 0 Å². The van der Waals surface area contributed by atoms with E-state index in [0.29, 0.717) is 24.6 Å². The number of anilines is 3. The van der Waals surface area contributed by atoms with Crippen LogP contribution in [0, 0.1) is 15.9 Å². The Bertz CT molecular complexity index is 781. The van der Waals surface area contributed by atoms with Crippen molar-refractivity contribution in [1.29, 1.82) is 0 Å². The number of nitro benzene ring substituents is 1. The molecule has 1 saturated heterocycles. The first-order chi connectivity index (χ1) is 11.5. The topological polar surface area (TPSA) is 100 Å². The van der Waals surface area contributed by atoms with Crippen LogP contribution in [-0.2, 0) is 4.79 Å². The summed E-state index contributed by atoms with van der Waals surface area (Å²) < 4.78 is 13.2. The van der Waals surface area contributed by atoms with Crippen LogP contribution in [0.5, 0.6) is 0 Å². The number of hydrogen-bond acceptors (Lipinski definition) is 6. The number of amides is 1. The standard InChI is InChI=1S/C15H14FN5O3/c16-10-1-3-12(13(7-10)21(23)24)19-11-2-4-14(18-8-11)20-6-5-17-15(22)9-20/h1-4,7-8,19H,5-6,9H2,(H,17,22). The van der Waals surface area contributed by atoms with Crippen molar-refractivity contribution >= 4 is 28.8 Å². The van der Waals surface area contributed by atoms with E-state index in [-0.39, 0.29) is 23.8 Å². The molecule has 24 heavy (non-hydrogen) atoms. The minimum atomic E-state index is -0.677. The SMILES string of the molecule is O=C1CN(c2ccc(Nc3ccc(F)cc3[N+](=O)[O-])cn2)CCN1. The molecule has 0 bridgehead atoms. The van der Waals surface area contributed by atoms with Crippen LogP contribution in [0.2, 0.25) is 0 Å². The first kappa shape index (κ1) is 15.7. The zero-order valence-electron chi connectivity index (χ0n) is 12.5. The van der Waals surface area contributed by atoms with Gasteiger partial charge < -0.3 is 15.5 Å². The quantitative estimate of drug-likeness (QED) is 0.654. The normalized spacial score (nSPS) is 14.2. The largest absolute Gasteiger partial charge is 0.353 e. The van der Waals surface area contributed by atoms with Crippen LogP contribution in [0.1, 0.15) is 0 Å². The van der Waals surface area contributed by atoms with E-state index >= 15 is 0 Å². The second kappa shape index (κ2) is 6.49. The molecule has 1 aromatic carbocycles. The van der Waals surface area contributed by atoms with Gasteiger partial charge in [0.25, 0.3) is 5.69 Å². The fourth-order valence-corrected chi connectivity index (χ4v) is 2.40. The molecule has 0 atom stereocenters. The maximum absolute atomic E-state index is 13.2. The van der Waals surface area contributed by atoms with Crippen molar-refractivity contribution in [1.82, 2.24) is 10.3 Å². The molecule has 2 heterocycles. The Morgan fingerprint density at radius 1 is 1.33 bits per heavy atom. The Labute approximate surface area is 136 Å². The van der Waals surface area contributed by atoms with E-state index in [4.69, 9.17) is 0 Å². The molecule has 0 saturated carbocycles.